The molecule has 2 aromatic heterocycles. The Morgan fingerprint density at radius 1 is 1.17 bits per heavy atom. The fourth-order valence-corrected chi connectivity index (χ4v) is 4.65. The molecular formula is C27H33N5O2S. The first-order valence-corrected chi connectivity index (χ1v) is 12.2. The predicted octanol–water partition coefficient (Wildman–Crippen LogP) is 5.63. The quantitative estimate of drug-likeness (QED) is 0.435. The molecule has 0 aliphatic carbocycles. The molecule has 0 bridgehead atoms. The number of carbonyl (C=O) groups is 1. The van der Waals surface area contributed by atoms with Crippen LogP contribution in [0.2, 0.25) is 0 Å². The molecule has 0 saturated carbocycles. The van der Waals surface area contributed by atoms with Crippen LogP contribution in [0.1, 0.15) is 64.1 Å². The van der Waals surface area contributed by atoms with Crippen molar-refractivity contribution in [2.75, 3.05) is 17.3 Å². The Balaban J connectivity index is 1.79. The molecule has 1 aliphatic heterocycles. The van der Waals surface area contributed by atoms with E-state index in [4.69, 9.17) is 17.0 Å². The second-order valence-corrected chi connectivity index (χ2v) is 10.4. The van der Waals surface area contributed by atoms with Crippen molar-refractivity contribution < 1.29 is 9.53 Å². The van der Waals surface area contributed by atoms with Crippen molar-refractivity contribution in [2.45, 2.75) is 52.7 Å². The lowest BCUT2D eigenvalue weighted by Crippen LogP contribution is -2.31. The van der Waals surface area contributed by atoms with Crippen molar-refractivity contribution in [2.24, 2.45) is 5.41 Å². The number of ether oxygens (including phenoxy) is 1. The number of hydrogen-bond donors (Lipinski definition) is 2. The Morgan fingerprint density at radius 3 is 2.57 bits per heavy atom. The summed E-state index contributed by atoms with van der Waals surface area (Å²) in [6.07, 6.45) is 3.90. The molecule has 4 rings (SSSR count). The zero-order chi connectivity index (χ0) is 25.3. The zero-order valence-corrected chi connectivity index (χ0v) is 21.9. The number of anilines is 2. The van der Waals surface area contributed by atoms with Gasteiger partial charge in [-0.2, -0.15) is 0 Å². The monoisotopic (exact) mass is 491 g/mol. The number of nitrogens with zero attached hydrogens (tertiary/aromatic N) is 3. The summed E-state index contributed by atoms with van der Waals surface area (Å²) in [6, 6.07) is 15.9. The number of hydrogen-bond acceptors (Lipinski definition) is 4. The average Bonchev–Trinajstić information content (AvgIpc) is 3.43. The topological polar surface area (TPSA) is 71.4 Å². The highest BCUT2D eigenvalue weighted by Gasteiger charge is 2.42. The maximum Gasteiger partial charge on any atom is 0.229 e. The van der Waals surface area contributed by atoms with Gasteiger partial charge >= 0.3 is 0 Å². The van der Waals surface area contributed by atoms with Gasteiger partial charge in [-0.25, -0.2) is 0 Å². The number of benzene rings is 1. The van der Waals surface area contributed by atoms with Crippen molar-refractivity contribution in [1.82, 2.24) is 14.9 Å². The predicted molar refractivity (Wildman–Crippen MR) is 144 cm³/mol. The molecule has 184 valence electrons. The molecule has 35 heavy (non-hydrogen) atoms. The number of thiocarbonyl (C=S) groups is 1. The summed E-state index contributed by atoms with van der Waals surface area (Å²) in [5.41, 5.74) is 3.02. The average molecular weight is 492 g/mol. The van der Waals surface area contributed by atoms with E-state index in [0.717, 1.165) is 17.1 Å². The second kappa shape index (κ2) is 9.70. The molecule has 2 atom stereocenters. The van der Waals surface area contributed by atoms with E-state index in [1.54, 1.807) is 13.3 Å². The molecule has 3 aromatic rings. The van der Waals surface area contributed by atoms with Crippen LogP contribution in [-0.2, 0) is 4.79 Å². The third kappa shape index (κ3) is 4.89. The number of rotatable bonds is 6. The number of carbonyl (C=O) groups excluding carboxylic acids is 1. The van der Waals surface area contributed by atoms with Crippen LogP contribution in [0.25, 0.3) is 0 Å². The van der Waals surface area contributed by atoms with Gasteiger partial charge in [0.05, 0.1) is 24.5 Å². The lowest BCUT2D eigenvalue weighted by molar-refractivity contribution is -0.123. The van der Waals surface area contributed by atoms with Crippen LogP contribution in [0, 0.1) is 5.41 Å². The van der Waals surface area contributed by atoms with Gasteiger partial charge in [0.2, 0.25) is 5.91 Å². The molecule has 1 aliphatic rings. The molecule has 1 aromatic carbocycles. The van der Waals surface area contributed by atoms with Crippen molar-refractivity contribution >= 4 is 34.6 Å². The Bertz CT molecular complexity index is 1220. The lowest BCUT2D eigenvalue weighted by atomic mass is 9.95. The number of pyridine rings is 1. The Kier molecular flexibility index (Phi) is 6.85. The summed E-state index contributed by atoms with van der Waals surface area (Å²) in [5, 5.41) is 7.09. The molecule has 8 heteroatoms. The maximum absolute atomic E-state index is 12.6. The SMILES string of the molecule is COc1cc(N2C(=S)N[C@@H](c3ccccn3)[C@@H]2c2cccn2C(C)C)ccc1NC(=O)C(C)(C)C. The van der Waals surface area contributed by atoms with Gasteiger partial charge in [0.15, 0.2) is 5.11 Å². The molecule has 0 spiro atoms. The van der Waals surface area contributed by atoms with Crippen molar-refractivity contribution in [3.63, 3.8) is 0 Å². The van der Waals surface area contributed by atoms with Gasteiger partial charge in [0.25, 0.3) is 0 Å². The lowest BCUT2D eigenvalue weighted by Gasteiger charge is -2.30. The van der Waals surface area contributed by atoms with Crippen molar-refractivity contribution in [3.05, 3.63) is 72.3 Å². The van der Waals surface area contributed by atoms with Crippen LogP contribution < -0.4 is 20.3 Å². The smallest absolute Gasteiger partial charge is 0.229 e. The largest absolute Gasteiger partial charge is 0.494 e. The van der Waals surface area contributed by atoms with Gasteiger partial charge < -0.3 is 24.8 Å². The Hall–Kier alpha value is -3.39. The molecule has 0 unspecified atom stereocenters. The first kappa shape index (κ1) is 24.7. The summed E-state index contributed by atoms with van der Waals surface area (Å²) < 4.78 is 7.93. The van der Waals surface area contributed by atoms with Crippen LogP contribution in [0.5, 0.6) is 5.75 Å². The Morgan fingerprint density at radius 2 is 1.94 bits per heavy atom. The van der Waals surface area contributed by atoms with Crippen LogP contribution >= 0.6 is 12.2 Å². The van der Waals surface area contributed by atoms with Crippen LogP contribution in [-0.4, -0.2) is 27.7 Å². The van der Waals surface area contributed by atoms with Gasteiger partial charge in [0, 0.05) is 41.3 Å². The zero-order valence-electron chi connectivity index (χ0n) is 21.1. The highest BCUT2D eigenvalue weighted by molar-refractivity contribution is 7.80. The van der Waals surface area contributed by atoms with Gasteiger partial charge in [-0.15, -0.1) is 0 Å². The number of methoxy groups -OCH3 is 1. The highest BCUT2D eigenvalue weighted by atomic mass is 32.1. The van der Waals surface area contributed by atoms with Crippen molar-refractivity contribution in [3.8, 4) is 5.75 Å². The summed E-state index contributed by atoms with van der Waals surface area (Å²) in [6.45, 7) is 9.97. The van der Waals surface area contributed by atoms with Gasteiger partial charge in [-0.05, 0) is 62.5 Å². The summed E-state index contributed by atoms with van der Waals surface area (Å²) in [7, 11) is 1.60. The van der Waals surface area contributed by atoms with E-state index < -0.39 is 5.41 Å². The van der Waals surface area contributed by atoms with E-state index in [1.165, 1.54) is 0 Å². The highest BCUT2D eigenvalue weighted by Crippen LogP contribution is 2.44. The Labute approximate surface area is 212 Å². The standard InChI is InChI=1S/C27H33N5O2S/c1-17(2)31-15-9-11-21(31)24-23(20-10-7-8-14-28-20)30-26(35)32(24)18-12-13-19(22(16-18)34-6)29-25(33)27(3,4)5/h7-17,23-24H,1-6H3,(H,29,33)(H,30,35)/t23-,24-/m0/s1. The number of amides is 1. The summed E-state index contributed by atoms with van der Waals surface area (Å²) in [4.78, 5) is 19.3. The number of nitrogens with one attached hydrogen (secondary N) is 2. The minimum Gasteiger partial charge on any atom is -0.494 e. The first-order valence-electron chi connectivity index (χ1n) is 11.8. The van der Waals surface area contributed by atoms with Crippen molar-refractivity contribution in [1.29, 1.82) is 0 Å². The van der Waals surface area contributed by atoms with Gasteiger partial charge in [0.1, 0.15) is 11.8 Å². The number of aromatic nitrogens is 2. The minimum absolute atomic E-state index is 0.0789. The fourth-order valence-electron chi connectivity index (χ4n) is 4.30. The minimum atomic E-state index is -0.520. The third-order valence-electron chi connectivity index (χ3n) is 6.16. The summed E-state index contributed by atoms with van der Waals surface area (Å²) >= 11 is 5.86. The fraction of sp³-hybridized carbons (Fsp3) is 0.370. The molecule has 1 amide bonds. The second-order valence-electron chi connectivity index (χ2n) is 10.0. The summed E-state index contributed by atoms with van der Waals surface area (Å²) in [5.74, 6) is 0.493. The van der Waals surface area contributed by atoms with E-state index in [2.05, 4.69) is 57.3 Å². The van der Waals surface area contributed by atoms with E-state index in [9.17, 15) is 4.79 Å². The van der Waals surface area contributed by atoms with E-state index in [-0.39, 0.29) is 24.0 Å². The molecule has 3 heterocycles. The third-order valence-corrected chi connectivity index (χ3v) is 6.48. The van der Waals surface area contributed by atoms with Gasteiger partial charge in [-0.1, -0.05) is 26.8 Å². The van der Waals surface area contributed by atoms with E-state index in [1.807, 2.05) is 57.2 Å². The maximum atomic E-state index is 12.6. The molecule has 7 nitrogen and oxygen atoms in total. The van der Waals surface area contributed by atoms with Gasteiger partial charge in [-0.3, -0.25) is 9.78 Å². The van der Waals surface area contributed by atoms with E-state index in [0.29, 0.717) is 16.5 Å². The molecule has 2 N–H and O–H groups in total. The molecule has 1 fully saturated rings. The molecular weight excluding hydrogens is 458 g/mol. The van der Waals surface area contributed by atoms with Crippen LogP contribution in [0.4, 0.5) is 11.4 Å². The van der Waals surface area contributed by atoms with Crippen LogP contribution in [0.15, 0.2) is 60.9 Å². The van der Waals surface area contributed by atoms with E-state index >= 15 is 0 Å². The molecule has 0 radical (unpaired) electrons. The normalized spacial score (nSPS) is 18.0. The molecule has 1 saturated heterocycles. The first-order chi connectivity index (χ1) is 16.6. The van der Waals surface area contributed by atoms with Crippen LogP contribution in [0.3, 0.4) is 0 Å².